The highest BCUT2D eigenvalue weighted by Gasteiger charge is 2.09. The van der Waals surface area contributed by atoms with Crippen molar-refractivity contribution in [1.29, 1.82) is 10.5 Å². The molecule has 0 fully saturated rings. The van der Waals surface area contributed by atoms with E-state index in [0.29, 0.717) is 32.5 Å². The fraction of sp³-hybridized carbons (Fsp3) is 0.0588. The number of methoxy groups -OCH3 is 1. The second kappa shape index (κ2) is 6.80. The van der Waals surface area contributed by atoms with Crippen molar-refractivity contribution >= 4 is 27.6 Å². The van der Waals surface area contributed by atoms with E-state index in [2.05, 4.69) is 22.0 Å². The zero-order valence-electron chi connectivity index (χ0n) is 11.7. The number of nitriles is 2. The van der Waals surface area contributed by atoms with Crippen LogP contribution in [0.4, 0.5) is 0 Å². The van der Waals surface area contributed by atoms with E-state index in [1.165, 1.54) is 7.11 Å². The van der Waals surface area contributed by atoms with Crippen molar-refractivity contribution in [1.82, 2.24) is 0 Å². The molecule has 0 heterocycles. The van der Waals surface area contributed by atoms with Gasteiger partial charge in [0.2, 0.25) is 0 Å². The summed E-state index contributed by atoms with van der Waals surface area (Å²) in [6.45, 7) is 0. The molecule has 0 radical (unpaired) electrons. The molecule has 0 saturated carbocycles. The summed E-state index contributed by atoms with van der Waals surface area (Å²) >= 11 is 3.24. The quantitative estimate of drug-likeness (QED) is 0.664. The molecule has 0 bridgehead atoms. The molecule has 0 atom stereocenters. The molecule has 2 rings (SSSR count). The van der Waals surface area contributed by atoms with Gasteiger partial charge in [-0.2, -0.15) is 10.5 Å². The Morgan fingerprint density at radius 3 is 2.68 bits per heavy atom. The van der Waals surface area contributed by atoms with Gasteiger partial charge in [-0.3, -0.25) is 0 Å². The summed E-state index contributed by atoms with van der Waals surface area (Å²) in [6, 6.07) is 14.3. The first-order valence-electron chi connectivity index (χ1n) is 6.28. The fourth-order valence-corrected chi connectivity index (χ4v) is 2.40. The Hall–Kier alpha value is -2.76. The monoisotopic (exact) mass is 354 g/mol. The molecule has 0 aliphatic carbocycles. The molecule has 1 N–H and O–H groups in total. The number of aromatic hydroxyl groups is 1. The highest BCUT2D eigenvalue weighted by molar-refractivity contribution is 9.10. The number of benzene rings is 2. The molecule has 4 nitrogen and oxygen atoms in total. The van der Waals surface area contributed by atoms with Crippen LogP contribution in [0, 0.1) is 22.7 Å². The van der Waals surface area contributed by atoms with Crippen molar-refractivity contribution in [3.05, 3.63) is 57.6 Å². The van der Waals surface area contributed by atoms with Gasteiger partial charge >= 0.3 is 0 Å². The van der Waals surface area contributed by atoms with Crippen LogP contribution in [0.2, 0.25) is 0 Å². The van der Waals surface area contributed by atoms with Crippen LogP contribution in [0.3, 0.4) is 0 Å². The fourth-order valence-electron chi connectivity index (χ4n) is 1.94. The minimum Gasteiger partial charge on any atom is -0.503 e. The van der Waals surface area contributed by atoms with Gasteiger partial charge in [-0.05, 0) is 57.4 Å². The van der Waals surface area contributed by atoms with E-state index in [-0.39, 0.29) is 5.75 Å². The first kappa shape index (κ1) is 15.6. The Bertz CT molecular complexity index is 830. The highest BCUT2D eigenvalue weighted by atomic mass is 79.9. The molecule has 22 heavy (non-hydrogen) atoms. The van der Waals surface area contributed by atoms with Gasteiger partial charge in [-0.15, -0.1) is 0 Å². The molecule has 0 aliphatic heterocycles. The smallest absolute Gasteiger partial charge is 0.172 e. The zero-order chi connectivity index (χ0) is 16.1. The summed E-state index contributed by atoms with van der Waals surface area (Å²) in [4.78, 5) is 0. The SMILES string of the molecule is COc1cc(/C=C(/C#N)c2cccc(C#N)c2)cc(Br)c1O. The maximum Gasteiger partial charge on any atom is 0.172 e. The van der Waals surface area contributed by atoms with Gasteiger partial charge in [0.1, 0.15) is 0 Å². The van der Waals surface area contributed by atoms with Crippen LogP contribution in [0.25, 0.3) is 11.6 Å². The third-order valence-corrected chi connectivity index (χ3v) is 3.61. The lowest BCUT2D eigenvalue weighted by Gasteiger charge is -2.07. The summed E-state index contributed by atoms with van der Waals surface area (Å²) < 4.78 is 5.56. The van der Waals surface area contributed by atoms with E-state index in [0.717, 1.165) is 0 Å². The lowest BCUT2D eigenvalue weighted by atomic mass is 10.0. The zero-order valence-corrected chi connectivity index (χ0v) is 13.3. The van der Waals surface area contributed by atoms with Crippen LogP contribution in [0.1, 0.15) is 16.7 Å². The summed E-state index contributed by atoms with van der Waals surface area (Å²) in [7, 11) is 1.45. The summed E-state index contributed by atoms with van der Waals surface area (Å²) in [5, 5.41) is 28.1. The van der Waals surface area contributed by atoms with Crippen molar-refractivity contribution in [2.24, 2.45) is 0 Å². The molecular weight excluding hydrogens is 344 g/mol. The van der Waals surface area contributed by atoms with Crippen molar-refractivity contribution in [3.63, 3.8) is 0 Å². The molecule has 0 amide bonds. The standard InChI is InChI=1S/C17H11BrN2O2/c1-22-16-8-12(7-15(18)17(16)21)6-14(10-20)13-4-2-3-11(5-13)9-19/h2-8,21H,1H3/b14-6-. The van der Waals surface area contributed by atoms with E-state index < -0.39 is 0 Å². The molecule has 5 heteroatoms. The number of halogens is 1. The van der Waals surface area contributed by atoms with E-state index in [4.69, 9.17) is 10.00 Å². The molecule has 2 aromatic carbocycles. The molecular formula is C17H11BrN2O2. The lowest BCUT2D eigenvalue weighted by Crippen LogP contribution is -1.88. The first-order chi connectivity index (χ1) is 10.6. The second-order valence-corrected chi connectivity index (χ2v) is 5.27. The van der Waals surface area contributed by atoms with E-state index in [1.807, 2.05) is 6.07 Å². The van der Waals surface area contributed by atoms with Crippen molar-refractivity contribution in [3.8, 4) is 23.6 Å². The number of nitrogens with zero attached hydrogens (tertiary/aromatic N) is 2. The lowest BCUT2D eigenvalue weighted by molar-refractivity contribution is 0.372. The van der Waals surface area contributed by atoms with Gasteiger partial charge in [-0.1, -0.05) is 12.1 Å². The van der Waals surface area contributed by atoms with Gasteiger partial charge in [0.05, 0.1) is 34.9 Å². The summed E-state index contributed by atoms with van der Waals surface area (Å²) in [6.07, 6.45) is 1.67. The van der Waals surface area contributed by atoms with Crippen LogP contribution in [-0.2, 0) is 0 Å². The van der Waals surface area contributed by atoms with Gasteiger partial charge in [0, 0.05) is 0 Å². The molecule has 108 valence electrons. The third-order valence-electron chi connectivity index (χ3n) is 3.00. The summed E-state index contributed by atoms with van der Waals surface area (Å²) in [5.41, 5.74) is 2.25. The molecule has 0 aliphatic rings. The first-order valence-corrected chi connectivity index (χ1v) is 7.07. The normalized spacial score (nSPS) is 10.6. The minimum absolute atomic E-state index is 0.00429. The predicted molar refractivity (Wildman–Crippen MR) is 87.0 cm³/mol. The number of hydrogen-bond donors (Lipinski definition) is 1. The topological polar surface area (TPSA) is 77.0 Å². The van der Waals surface area contributed by atoms with Crippen LogP contribution >= 0.6 is 15.9 Å². The van der Waals surface area contributed by atoms with Crippen LogP contribution in [0.5, 0.6) is 11.5 Å². The van der Waals surface area contributed by atoms with Gasteiger partial charge in [0.25, 0.3) is 0 Å². The van der Waals surface area contributed by atoms with E-state index in [1.54, 1.807) is 42.5 Å². The Kier molecular flexibility index (Phi) is 4.83. The van der Waals surface area contributed by atoms with Crippen molar-refractivity contribution < 1.29 is 9.84 Å². The second-order valence-electron chi connectivity index (χ2n) is 4.42. The number of phenols is 1. The minimum atomic E-state index is 0.00429. The number of hydrogen-bond acceptors (Lipinski definition) is 4. The van der Waals surface area contributed by atoms with Gasteiger partial charge in [-0.25, -0.2) is 0 Å². The molecule has 0 spiro atoms. The van der Waals surface area contributed by atoms with Crippen LogP contribution in [-0.4, -0.2) is 12.2 Å². The number of rotatable bonds is 3. The van der Waals surface area contributed by atoms with Crippen LogP contribution < -0.4 is 4.74 Å². The summed E-state index contributed by atoms with van der Waals surface area (Å²) in [5.74, 6) is 0.313. The largest absolute Gasteiger partial charge is 0.503 e. The van der Waals surface area contributed by atoms with Gasteiger partial charge < -0.3 is 9.84 Å². The van der Waals surface area contributed by atoms with Crippen molar-refractivity contribution in [2.45, 2.75) is 0 Å². The Morgan fingerprint density at radius 2 is 2.05 bits per heavy atom. The molecule has 2 aromatic rings. The third kappa shape index (κ3) is 3.28. The molecule has 0 saturated heterocycles. The highest BCUT2D eigenvalue weighted by Crippen LogP contribution is 2.36. The average molecular weight is 355 g/mol. The Morgan fingerprint density at radius 1 is 1.27 bits per heavy atom. The number of phenolic OH excluding ortho intramolecular Hbond substituents is 1. The van der Waals surface area contributed by atoms with E-state index in [9.17, 15) is 10.4 Å². The van der Waals surface area contributed by atoms with Crippen molar-refractivity contribution in [2.75, 3.05) is 7.11 Å². The maximum absolute atomic E-state index is 9.81. The van der Waals surface area contributed by atoms with Gasteiger partial charge in [0.15, 0.2) is 11.5 Å². The maximum atomic E-state index is 9.81. The van der Waals surface area contributed by atoms with Crippen LogP contribution in [0.15, 0.2) is 40.9 Å². The Balaban J connectivity index is 2.52. The predicted octanol–water partition coefficient (Wildman–Crippen LogP) is 4.10. The van der Waals surface area contributed by atoms with E-state index >= 15 is 0 Å². The molecule has 0 aromatic heterocycles. The number of allylic oxidation sites excluding steroid dienone is 1. The average Bonchev–Trinajstić information content (AvgIpc) is 2.55. The molecule has 0 unspecified atom stereocenters. The number of ether oxygens (including phenoxy) is 1. The Labute approximate surface area is 136 Å².